The van der Waals surface area contributed by atoms with Gasteiger partial charge >= 0.3 is 0 Å². The van der Waals surface area contributed by atoms with E-state index >= 15 is 0 Å². The van der Waals surface area contributed by atoms with Gasteiger partial charge in [-0.2, -0.15) is 0 Å². The van der Waals surface area contributed by atoms with Gasteiger partial charge in [-0.1, -0.05) is 6.58 Å². The first-order valence-corrected chi connectivity index (χ1v) is 5.21. The summed E-state index contributed by atoms with van der Waals surface area (Å²) in [5.41, 5.74) is 0.979. The van der Waals surface area contributed by atoms with E-state index in [9.17, 15) is 0 Å². The SMILES string of the molecule is C=CN=C(I)N=CN=Cc1ccncc1. The molecular formula is C10H9IN4. The molecule has 5 heteroatoms. The van der Waals surface area contributed by atoms with E-state index in [1.54, 1.807) is 18.6 Å². The summed E-state index contributed by atoms with van der Waals surface area (Å²) < 4.78 is 0.592. The normalized spacial score (nSPS) is 12.5. The van der Waals surface area contributed by atoms with Crippen molar-refractivity contribution in [3.63, 3.8) is 0 Å². The van der Waals surface area contributed by atoms with Crippen LogP contribution >= 0.6 is 22.6 Å². The molecule has 1 aromatic rings. The van der Waals surface area contributed by atoms with Gasteiger partial charge in [0.1, 0.15) is 6.34 Å². The molecule has 1 heterocycles. The van der Waals surface area contributed by atoms with E-state index in [-0.39, 0.29) is 0 Å². The molecule has 1 aromatic heterocycles. The largest absolute Gasteiger partial charge is 0.265 e. The summed E-state index contributed by atoms with van der Waals surface area (Å²) in [4.78, 5) is 15.7. The zero-order chi connectivity index (χ0) is 10.9. The van der Waals surface area contributed by atoms with Crippen molar-refractivity contribution in [3.05, 3.63) is 42.9 Å². The molecule has 0 spiro atoms. The van der Waals surface area contributed by atoms with Crippen LogP contribution in [0.15, 0.2) is 52.3 Å². The van der Waals surface area contributed by atoms with Crippen LogP contribution in [-0.2, 0) is 0 Å². The lowest BCUT2D eigenvalue weighted by Crippen LogP contribution is -1.82. The van der Waals surface area contributed by atoms with Gasteiger partial charge in [-0.05, 0) is 17.7 Å². The molecule has 0 fully saturated rings. The van der Waals surface area contributed by atoms with E-state index in [4.69, 9.17) is 0 Å². The number of hydrogen-bond donors (Lipinski definition) is 0. The summed E-state index contributed by atoms with van der Waals surface area (Å²) in [6.07, 6.45) is 7.99. The molecule has 1 rings (SSSR count). The maximum absolute atomic E-state index is 4.00. The highest BCUT2D eigenvalue weighted by atomic mass is 127. The minimum atomic E-state index is 0.592. The van der Waals surface area contributed by atoms with Gasteiger partial charge in [0, 0.05) is 47.4 Å². The Balaban J connectivity index is 2.54. The maximum Gasteiger partial charge on any atom is 0.192 e. The van der Waals surface area contributed by atoms with Crippen LogP contribution in [0, 0.1) is 0 Å². The number of amidine groups is 1. The molecule has 0 amide bonds. The fraction of sp³-hybridized carbons (Fsp3) is 0. The third-order valence-corrected chi connectivity index (χ3v) is 1.92. The van der Waals surface area contributed by atoms with Gasteiger partial charge < -0.3 is 0 Å². The quantitative estimate of drug-likeness (QED) is 0.366. The van der Waals surface area contributed by atoms with E-state index in [0.29, 0.717) is 3.84 Å². The van der Waals surface area contributed by atoms with Crippen molar-refractivity contribution in [2.75, 3.05) is 0 Å². The van der Waals surface area contributed by atoms with Crippen LogP contribution in [-0.4, -0.2) is 21.4 Å². The Hall–Kier alpha value is -1.37. The lowest BCUT2D eigenvalue weighted by atomic mass is 10.3. The number of pyridine rings is 1. The van der Waals surface area contributed by atoms with Gasteiger partial charge in [0.05, 0.1) is 0 Å². The van der Waals surface area contributed by atoms with Gasteiger partial charge in [0.2, 0.25) is 0 Å². The summed E-state index contributed by atoms with van der Waals surface area (Å²) in [5, 5.41) is 0. The fourth-order valence-electron chi connectivity index (χ4n) is 0.759. The first kappa shape index (κ1) is 11.7. The van der Waals surface area contributed by atoms with E-state index in [1.165, 1.54) is 12.5 Å². The lowest BCUT2D eigenvalue weighted by molar-refractivity contribution is 1.32. The standard InChI is InChI=1S/C10H9IN4/c1-2-14-10(11)15-8-13-7-9-3-5-12-6-4-9/h2-8H,1H2. The number of aliphatic imine (C=N–C) groups is 3. The molecule has 0 aliphatic carbocycles. The molecule has 0 atom stereocenters. The van der Waals surface area contributed by atoms with Crippen molar-refractivity contribution < 1.29 is 0 Å². The van der Waals surface area contributed by atoms with Gasteiger partial charge in [-0.25, -0.2) is 15.0 Å². The molecule has 0 aliphatic rings. The molecule has 0 aliphatic heterocycles. The van der Waals surface area contributed by atoms with Crippen molar-refractivity contribution in [3.8, 4) is 0 Å². The Kier molecular flexibility index (Phi) is 5.46. The molecule has 4 nitrogen and oxygen atoms in total. The molecule has 0 saturated heterocycles. The first-order chi connectivity index (χ1) is 7.33. The van der Waals surface area contributed by atoms with Crippen LogP contribution in [0.25, 0.3) is 0 Å². The highest BCUT2D eigenvalue weighted by Crippen LogP contribution is 1.93. The number of halogens is 1. The number of rotatable bonds is 3. The summed E-state index contributed by atoms with van der Waals surface area (Å²) in [7, 11) is 0. The van der Waals surface area contributed by atoms with E-state index in [0.717, 1.165) is 5.56 Å². The molecule has 0 N–H and O–H groups in total. The van der Waals surface area contributed by atoms with Gasteiger partial charge in [-0.3, -0.25) is 4.98 Å². The summed E-state index contributed by atoms with van der Waals surface area (Å²) in [5.74, 6) is 0. The van der Waals surface area contributed by atoms with Crippen LogP contribution in [0.3, 0.4) is 0 Å². The molecule has 15 heavy (non-hydrogen) atoms. The number of nitrogens with zero attached hydrogens (tertiary/aromatic N) is 4. The zero-order valence-electron chi connectivity index (χ0n) is 7.92. The molecular weight excluding hydrogens is 303 g/mol. The van der Waals surface area contributed by atoms with Crippen molar-refractivity contribution in [2.24, 2.45) is 15.0 Å². The molecule has 0 saturated carbocycles. The minimum Gasteiger partial charge on any atom is -0.265 e. The van der Waals surface area contributed by atoms with Gasteiger partial charge in [0.15, 0.2) is 3.84 Å². The first-order valence-electron chi connectivity index (χ1n) is 4.13. The van der Waals surface area contributed by atoms with Crippen LogP contribution in [0.2, 0.25) is 0 Å². The van der Waals surface area contributed by atoms with Crippen LogP contribution in [0.4, 0.5) is 0 Å². The van der Waals surface area contributed by atoms with Crippen molar-refractivity contribution in [1.82, 2.24) is 4.98 Å². The fourth-order valence-corrected chi connectivity index (χ4v) is 1.08. The Morgan fingerprint density at radius 3 is 2.80 bits per heavy atom. The summed E-state index contributed by atoms with van der Waals surface area (Å²) in [6.45, 7) is 3.46. The van der Waals surface area contributed by atoms with E-state index < -0.39 is 0 Å². The highest BCUT2D eigenvalue weighted by Gasteiger charge is 1.83. The zero-order valence-corrected chi connectivity index (χ0v) is 10.1. The lowest BCUT2D eigenvalue weighted by Gasteiger charge is -1.87. The predicted molar refractivity (Wildman–Crippen MR) is 72.0 cm³/mol. The second-order valence-electron chi connectivity index (χ2n) is 2.38. The predicted octanol–water partition coefficient (Wildman–Crippen LogP) is 2.46. The van der Waals surface area contributed by atoms with Crippen LogP contribution in [0.1, 0.15) is 5.56 Å². The van der Waals surface area contributed by atoms with Crippen LogP contribution in [0.5, 0.6) is 0 Å². The molecule has 76 valence electrons. The van der Waals surface area contributed by atoms with E-state index in [1.807, 2.05) is 34.7 Å². The number of hydrogen-bond acceptors (Lipinski definition) is 2. The monoisotopic (exact) mass is 312 g/mol. The van der Waals surface area contributed by atoms with Crippen molar-refractivity contribution in [2.45, 2.75) is 0 Å². The Labute approximate surface area is 102 Å². The third-order valence-electron chi connectivity index (χ3n) is 1.36. The van der Waals surface area contributed by atoms with Crippen molar-refractivity contribution in [1.29, 1.82) is 0 Å². The average molecular weight is 312 g/mol. The Bertz CT molecular complexity index is 395. The Morgan fingerprint density at radius 2 is 2.13 bits per heavy atom. The smallest absolute Gasteiger partial charge is 0.192 e. The molecule has 0 aromatic carbocycles. The molecule has 0 unspecified atom stereocenters. The van der Waals surface area contributed by atoms with Gasteiger partial charge in [-0.15, -0.1) is 0 Å². The summed E-state index contributed by atoms with van der Waals surface area (Å²) in [6, 6.07) is 3.72. The van der Waals surface area contributed by atoms with E-state index in [2.05, 4.69) is 26.5 Å². The second-order valence-corrected chi connectivity index (χ2v) is 3.35. The number of aromatic nitrogens is 1. The topological polar surface area (TPSA) is 50.0 Å². The molecule has 0 bridgehead atoms. The van der Waals surface area contributed by atoms with Crippen molar-refractivity contribution >= 4 is 39.0 Å². The molecule has 0 radical (unpaired) electrons. The second kappa shape index (κ2) is 6.99. The average Bonchev–Trinajstić information content (AvgIpc) is 2.26. The summed E-state index contributed by atoms with van der Waals surface area (Å²) >= 11 is 1.99. The highest BCUT2D eigenvalue weighted by molar-refractivity contribution is 14.1. The van der Waals surface area contributed by atoms with Crippen LogP contribution < -0.4 is 0 Å². The third kappa shape index (κ3) is 5.16. The Morgan fingerprint density at radius 1 is 1.40 bits per heavy atom. The minimum absolute atomic E-state index is 0.592. The maximum atomic E-state index is 4.00. The van der Waals surface area contributed by atoms with Gasteiger partial charge in [0.25, 0.3) is 0 Å².